The summed E-state index contributed by atoms with van der Waals surface area (Å²) in [6, 6.07) is 4.95. The number of carbonyl (C=O) groups is 1. The molecule has 0 bridgehead atoms. The molecule has 4 heteroatoms. The van der Waals surface area contributed by atoms with Crippen LogP contribution >= 0.6 is 0 Å². The van der Waals surface area contributed by atoms with Gasteiger partial charge in [-0.2, -0.15) is 0 Å². The van der Waals surface area contributed by atoms with Crippen molar-refractivity contribution in [2.45, 2.75) is 6.92 Å². The highest BCUT2D eigenvalue weighted by atomic mass is 16.5. The molecule has 4 nitrogen and oxygen atoms in total. The molecule has 15 heavy (non-hydrogen) atoms. The van der Waals surface area contributed by atoms with Gasteiger partial charge in [-0.15, -0.1) is 0 Å². The third-order valence-electron chi connectivity index (χ3n) is 1.91. The van der Waals surface area contributed by atoms with Crippen LogP contribution in [-0.4, -0.2) is 31.2 Å². The number of carbonyl (C=O) groups excluding carboxylic acids is 1. The highest BCUT2D eigenvalue weighted by Crippen LogP contribution is 2.24. The summed E-state index contributed by atoms with van der Waals surface area (Å²) in [5.74, 6) is 1.00. The highest BCUT2D eigenvalue weighted by Gasteiger charge is 2.08. The van der Waals surface area contributed by atoms with Crippen molar-refractivity contribution in [1.29, 1.82) is 0 Å². The van der Waals surface area contributed by atoms with E-state index in [1.807, 2.05) is 0 Å². The summed E-state index contributed by atoms with van der Waals surface area (Å²) in [4.78, 5) is 11.2. The Kier molecular flexibility index (Phi) is 4.12. The Bertz CT molecular complexity index is 346. The van der Waals surface area contributed by atoms with Crippen molar-refractivity contribution in [1.82, 2.24) is 0 Å². The molecular weight excluding hydrogens is 196 g/mol. The van der Waals surface area contributed by atoms with Crippen LogP contribution in [0.15, 0.2) is 18.2 Å². The maximum Gasteiger partial charge on any atom is 0.163 e. The average molecular weight is 210 g/mol. The van der Waals surface area contributed by atoms with Crippen molar-refractivity contribution in [3.05, 3.63) is 23.8 Å². The molecule has 0 radical (unpaired) electrons. The van der Waals surface area contributed by atoms with E-state index in [1.54, 1.807) is 18.2 Å². The van der Waals surface area contributed by atoms with Gasteiger partial charge in [-0.3, -0.25) is 4.79 Å². The van der Waals surface area contributed by atoms with E-state index in [0.717, 1.165) is 0 Å². The second-order valence-corrected chi connectivity index (χ2v) is 2.99. The van der Waals surface area contributed by atoms with Gasteiger partial charge >= 0.3 is 0 Å². The molecule has 1 aromatic rings. The minimum atomic E-state index is -0.0550. The number of hydrogen-bond donors (Lipinski definition) is 1. The van der Waals surface area contributed by atoms with Crippen LogP contribution in [0.25, 0.3) is 0 Å². The molecular formula is C11H14O4. The van der Waals surface area contributed by atoms with Crippen LogP contribution in [-0.2, 0) is 0 Å². The molecule has 1 N–H and O–H groups in total. The summed E-state index contributed by atoms with van der Waals surface area (Å²) >= 11 is 0. The van der Waals surface area contributed by atoms with Crippen LogP contribution in [0.3, 0.4) is 0 Å². The molecule has 0 unspecified atom stereocenters. The van der Waals surface area contributed by atoms with Crippen molar-refractivity contribution >= 4 is 5.78 Å². The van der Waals surface area contributed by atoms with Crippen LogP contribution < -0.4 is 9.47 Å². The van der Waals surface area contributed by atoms with E-state index in [2.05, 4.69) is 0 Å². The Balaban J connectivity index is 2.92. The summed E-state index contributed by atoms with van der Waals surface area (Å²) in [6.07, 6.45) is 0. The predicted molar refractivity (Wildman–Crippen MR) is 55.6 cm³/mol. The number of aliphatic hydroxyl groups excluding tert-OH is 1. The molecule has 0 atom stereocenters. The standard InChI is InChI=1S/C11H14O4/c1-8(13)10-4-3-9(15-6-5-12)7-11(10)14-2/h3-4,7,12H,5-6H2,1-2H3. The number of ether oxygens (including phenoxy) is 2. The van der Waals surface area contributed by atoms with Gasteiger partial charge in [0.1, 0.15) is 18.1 Å². The molecule has 0 heterocycles. The zero-order chi connectivity index (χ0) is 11.3. The molecule has 0 aromatic heterocycles. The Morgan fingerprint density at radius 2 is 2.20 bits per heavy atom. The second kappa shape index (κ2) is 5.36. The third-order valence-corrected chi connectivity index (χ3v) is 1.91. The molecule has 0 saturated carbocycles. The zero-order valence-corrected chi connectivity index (χ0v) is 8.82. The SMILES string of the molecule is COc1cc(OCCO)ccc1C(C)=O. The number of methoxy groups -OCH3 is 1. The van der Waals surface area contributed by atoms with Crippen LogP contribution in [0.2, 0.25) is 0 Å². The number of rotatable bonds is 5. The first-order valence-corrected chi connectivity index (χ1v) is 4.61. The molecule has 0 spiro atoms. The highest BCUT2D eigenvalue weighted by molar-refractivity contribution is 5.97. The van der Waals surface area contributed by atoms with Gasteiger partial charge in [0.2, 0.25) is 0 Å². The van der Waals surface area contributed by atoms with Crippen molar-refractivity contribution < 1.29 is 19.4 Å². The second-order valence-electron chi connectivity index (χ2n) is 2.99. The predicted octanol–water partition coefficient (Wildman–Crippen LogP) is 1.27. The van der Waals surface area contributed by atoms with Gasteiger partial charge in [-0.05, 0) is 19.1 Å². The third kappa shape index (κ3) is 2.95. The molecule has 1 rings (SSSR count). The number of benzene rings is 1. The van der Waals surface area contributed by atoms with Crippen LogP contribution in [0.4, 0.5) is 0 Å². The Morgan fingerprint density at radius 3 is 2.73 bits per heavy atom. The fourth-order valence-electron chi connectivity index (χ4n) is 1.22. The molecule has 0 amide bonds. The lowest BCUT2D eigenvalue weighted by molar-refractivity contribution is 0.101. The van der Waals surface area contributed by atoms with Gasteiger partial charge in [-0.1, -0.05) is 0 Å². The first-order chi connectivity index (χ1) is 7.19. The molecule has 0 aliphatic heterocycles. The van der Waals surface area contributed by atoms with E-state index in [4.69, 9.17) is 14.6 Å². The van der Waals surface area contributed by atoms with E-state index in [9.17, 15) is 4.79 Å². The van der Waals surface area contributed by atoms with Gasteiger partial charge < -0.3 is 14.6 Å². The lowest BCUT2D eigenvalue weighted by Gasteiger charge is -2.09. The lowest BCUT2D eigenvalue weighted by atomic mass is 10.1. The number of hydrogen-bond acceptors (Lipinski definition) is 4. The lowest BCUT2D eigenvalue weighted by Crippen LogP contribution is -2.03. The molecule has 0 aliphatic rings. The molecule has 0 aliphatic carbocycles. The summed E-state index contributed by atoms with van der Waals surface area (Å²) < 4.78 is 10.3. The Hall–Kier alpha value is -1.55. The number of aliphatic hydroxyl groups is 1. The van der Waals surface area contributed by atoms with E-state index < -0.39 is 0 Å². The quantitative estimate of drug-likeness (QED) is 0.743. The first kappa shape index (κ1) is 11.5. The average Bonchev–Trinajstić information content (AvgIpc) is 2.25. The van der Waals surface area contributed by atoms with Crippen LogP contribution in [0, 0.1) is 0 Å². The minimum absolute atomic E-state index is 0.0449. The van der Waals surface area contributed by atoms with Crippen molar-refractivity contribution in [3.8, 4) is 11.5 Å². The number of ketones is 1. The van der Waals surface area contributed by atoms with Gasteiger partial charge in [-0.25, -0.2) is 0 Å². The summed E-state index contributed by atoms with van der Waals surface area (Å²) in [5, 5.41) is 8.59. The van der Waals surface area contributed by atoms with Crippen molar-refractivity contribution in [2.24, 2.45) is 0 Å². The van der Waals surface area contributed by atoms with E-state index >= 15 is 0 Å². The van der Waals surface area contributed by atoms with Gasteiger partial charge in [0.15, 0.2) is 5.78 Å². The fraction of sp³-hybridized carbons (Fsp3) is 0.364. The van der Waals surface area contributed by atoms with Gasteiger partial charge in [0, 0.05) is 6.07 Å². The summed E-state index contributed by atoms with van der Waals surface area (Å²) in [6.45, 7) is 1.66. The molecule has 0 fully saturated rings. The Morgan fingerprint density at radius 1 is 1.47 bits per heavy atom. The summed E-state index contributed by atoms with van der Waals surface area (Å²) in [7, 11) is 1.50. The van der Waals surface area contributed by atoms with E-state index in [-0.39, 0.29) is 19.0 Å². The smallest absolute Gasteiger partial charge is 0.163 e. The van der Waals surface area contributed by atoms with Crippen LogP contribution in [0.5, 0.6) is 11.5 Å². The summed E-state index contributed by atoms with van der Waals surface area (Å²) in [5.41, 5.74) is 0.522. The Labute approximate surface area is 88.4 Å². The number of Topliss-reactive ketones (excluding diaryl/α,β-unsaturated/α-hetero) is 1. The van der Waals surface area contributed by atoms with E-state index in [1.165, 1.54) is 14.0 Å². The van der Waals surface area contributed by atoms with Crippen molar-refractivity contribution in [3.63, 3.8) is 0 Å². The fourth-order valence-corrected chi connectivity index (χ4v) is 1.22. The maximum absolute atomic E-state index is 11.2. The molecule has 82 valence electrons. The van der Waals surface area contributed by atoms with Gasteiger partial charge in [0.05, 0.1) is 19.3 Å². The molecule has 1 aromatic carbocycles. The first-order valence-electron chi connectivity index (χ1n) is 4.61. The minimum Gasteiger partial charge on any atom is -0.496 e. The normalized spacial score (nSPS) is 9.80. The van der Waals surface area contributed by atoms with Crippen molar-refractivity contribution in [2.75, 3.05) is 20.3 Å². The van der Waals surface area contributed by atoms with Gasteiger partial charge in [0.25, 0.3) is 0 Å². The molecule has 0 saturated heterocycles. The monoisotopic (exact) mass is 210 g/mol. The van der Waals surface area contributed by atoms with Crippen LogP contribution in [0.1, 0.15) is 17.3 Å². The zero-order valence-electron chi connectivity index (χ0n) is 8.82. The topological polar surface area (TPSA) is 55.8 Å². The largest absolute Gasteiger partial charge is 0.496 e. The van der Waals surface area contributed by atoms with E-state index in [0.29, 0.717) is 17.1 Å². The maximum atomic E-state index is 11.2.